The molecule has 1 saturated heterocycles. The number of carbonyl (C=O) groups is 1. The van der Waals surface area contributed by atoms with E-state index in [9.17, 15) is 15.0 Å². The molecule has 0 aliphatic carbocycles. The van der Waals surface area contributed by atoms with Gasteiger partial charge < -0.3 is 15.1 Å². The lowest BCUT2D eigenvalue weighted by Gasteiger charge is -2.39. The van der Waals surface area contributed by atoms with Gasteiger partial charge in [-0.15, -0.1) is 0 Å². The fourth-order valence-electron chi connectivity index (χ4n) is 4.13. The SMILES string of the molecule is CN1CCC(C(C)(O)c2cc(F)c(C(O)N(C)Cc3ncc(C#N)cn3)c(C=O)c2)CC1. The number of aliphatic hydroxyl groups excluding tert-OH is 1. The molecule has 0 amide bonds. The normalized spacial score (nSPS) is 18.2. The molecule has 1 aromatic heterocycles. The summed E-state index contributed by atoms with van der Waals surface area (Å²) in [4.78, 5) is 23.5. The Bertz CT molecular complexity index is 998. The quantitative estimate of drug-likeness (QED) is 0.495. The monoisotopic (exact) mass is 441 g/mol. The molecule has 2 unspecified atom stereocenters. The van der Waals surface area contributed by atoms with Crippen LogP contribution in [0.25, 0.3) is 0 Å². The standard InChI is InChI=1S/C23H28FN5O3/c1-23(32,17-4-6-28(2)7-5-17)18-8-16(14-30)21(19(24)9-18)22(31)29(3)13-20-26-11-15(10-25)12-27-20/h8-9,11-12,14,17,22,31-32H,4-7,13H2,1-3H3. The second-order valence-electron chi connectivity index (χ2n) is 8.59. The Morgan fingerprint density at radius 3 is 2.56 bits per heavy atom. The molecule has 1 aliphatic heterocycles. The number of piperidine rings is 1. The maximum absolute atomic E-state index is 15.2. The van der Waals surface area contributed by atoms with Crippen molar-refractivity contribution in [2.75, 3.05) is 27.2 Å². The zero-order valence-electron chi connectivity index (χ0n) is 18.5. The van der Waals surface area contributed by atoms with Crippen LogP contribution in [-0.2, 0) is 12.1 Å². The Morgan fingerprint density at radius 1 is 1.38 bits per heavy atom. The van der Waals surface area contributed by atoms with Crippen molar-refractivity contribution in [2.24, 2.45) is 5.92 Å². The van der Waals surface area contributed by atoms with Crippen molar-refractivity contribution < 1.29 is 19.4 Å². The number of rotatable bonds is 7. The molecule has 0 spiro atoms. The van der Waals surface area contributed by atoms with Gasteiger partial charge in [-0.05, 0) is 70.6 Å². The molecule has 3 rings (SSSR count). The van der Waals surface area contributed by atoms with Gasteiger partial charge in [0.05, 0.1) is 17.7 Å². The van der Waals surface area contributed by atoms with E-state index < -0.39 is 17.6 Å². The number of nitriles is 1. The highest BCUT2D eigenvalue weighted by molar-refractivity contribution is 5.78. The van der Waals surface area contributed by atoms with E-state index in [1.807, 2.05) is 13.1 Å². The highest BCUT2D eigenvalue weighted by atomic mass is 19.1. The van der Waals surface area contributed by atoms with Crippen molar-refractivity contribution in [1.29, 1.82) is 5.26 Å². The lowest BCUT2D eigenvalue weighted by atomic mass is 9.76. The number of hydrogen-bond donors (Lipinski definition) is 2. The van der Waals surface area contributed by atoms with Gasteiger partial charge in [0, 0.05) is 23.5 Å². The number of hydrogen-bond acceptors (Lipinski definition) is 8. The van der Waals surface area contributed by atoms with Gasteiger partial charge in [0.15, 0.2) is 6.29 Å². The summed E-state index contributed by atoms with van der Waals surface area (Å²) in [7, 11) is 3.56. The molecule has 2 heterocycles. The number of aliphatic hydroxyl groups is 2. The fourth-order valence-corrected chi connectivity index (χ4v) is 4.13. The van der Waals surface area contributed by atoms with Crippen LogP contribution in [0.4, 0.5) is 4.39 Å². The first-order chi connectivity index (χ1) is 15.2. The molecule has 0 radical (unpaired) electrons. The third kappa shape index (κ3) is 5.00. The van der Waals surface area contributed by atoms with E-state index in [1.165, 1.54) is 29.4 Å². The van der Waals surface area contributed by atoms with Crippen molar-refractivity contribution in [3.63, 3.8) is 0 Å². The number of benzene rings is 1. The van der Waals surface area contributed by atoms with E-state index in [0.29, 0.717) is 23.2 Å². The summed E-state index contributed by atoms with van der Waals surface area (Å²) in [5.41, 5.74) is -0.863. The van der Waals surface area contributed by atoms with Gasteiger partial charge in [-0.1, -0.05) is 0 Å². The van der Waals surface area contributed by atoms with Crippen LogP contribution >= 0.6 is 0 Å². The molecular weight excluding hydrogens is 413 g/mol. The van der Waals surface area contributed by atoms with Gasteiger partial charge in [0.25, 0.3) is 0 Å². The fraction of sp³-hybridized carbons (Fsp3) is 0.478. The number of aromatic nitrogens is 2. The molecule has 9 heteroatoms. The first kappa shape index (κ1) is 23.9. The van der Waals surface area contributed by atoms with Crippen LogP contribution in [0.1, 0.15) is 58.9 Å². The molecule has 0 saturated carbocycles. The number of carbonyl (C=O) groups excluding carboxylic acids is 1. The summed E-state index contributed by atoms with van der Waals surface area (Å²) in [5.74, 6) is -0.497. The third-order valence-electron chi connectivity index (χ3n) is 6.29. The van der Waals surface area contributed by atoms with E-state index >= 15 is 4.39 Å². The number of likely N-dealkylation sites (tertiary alicyclic amines) is 1. The van der Waals surface area contributed by atoms with Crippen LogP contribution in [-0.4, -0.2) is 63.5 Å². The maximum Gasteiger partial charge on any atom is 0.150 e. The third-order valence-corrected chi connectivity index (χ3v) is 6.29. The lowest BCUT2D eigenvalue weighted by Crippen LogP contribution is -2.40. The predicted octanol–water partition coefficient (Wildman–Crippen LogP) is 1.97. The Morgan fingerprint density at radius 2 is 2.00 bits per heavy atom. The van der Waals surface area contributed by atoms with Crippen LogP contribution in [0.15, 0.2) is 24.5 Å². The van der Waals surface area contributed by atoms with Crippen LogP contribution in [0.3, 0.4) is 0 Å². The second kappa shape index (κ2) is 9.79. The van der Waals surface area contributed by atoms with Crippen LogP contribution in [0, 0.1) is 23.1 Å². The number of aldehydes is 1. The molecule has 0 bridgehead atoms. The average molecular weight is 442 g/mol. The molecule has 1 fully saturated rings. The summed E-state index contributed by atoms with van der Waals surface area (Å²) in [6.45, 7) is 3.39. The smallest absolute Gasteiger partial charge is 0.150 e. The molecule has 8 nitrogen and oxygen atoms in total. The van der Waals surface area contributed by atoms with E-state index in [-0.39, 0.29) is 23.6 Å². The molecule has 2 N–H and O–H groups in total. The minimum atomic E-state index is -1.43. The second-order valence-corrected chi connectivity index (χ2v) is 8.59. The summed E-state index contributed by atoms with van der Waals surface area (Å²) in [6.07, 6.45) is 3.30. The van der Waals surface area contributed by atoms with Gasteiger partial charge in [-0.3, -0.25) is 9.69 Å². The summed E-state index contributed by atoms with van der Waals surface area (Å²) in [6, 6.07) is 4.58. The van der Waals surface area contributed by atoms with Crippen LogP contribution < -0.4 is 0 Å². The zero-order valence-corrected chi connectivity index (χ0v) is 18.5. The minimum absolute atomic E-state index is 0.0201. The van der Waals surface area contributed by atoms with Gasteiger partial charge in [-0.25, -0.2) is 14.4 Å². The first-order valence-corrected chi connectivity index (χ1v) is 10.5. The van der Waals surface area contributed by atoms with Crippen molar-refractivity contribution in [3.05, 3.63) is 58.4 Å². The van der Waals surface area contributed by atoms with Gasteiger partial charge in [0.1, 0.15) is 23.9 Å². The van der Waals surface area contributed by atoms with Crippen molar-refractivity contribution in [2.45, 2.75) is 38.1 Å². The Labute approximate surface area is 186 Å². The minimum Gasteiger partial charge on any atom is -0.385 e. The molecule has 32 heavy (non-hydrogen) atoms. The number of nitrogens with zero attached hydrogens (tertiary/aromatic N) is 5. The van der Waals surface area contributed by atoms with Crippen molar-refractivity contribution in [3.8, 4) is 6.07 Å². The topological polar surface area (TPSA) is 114 Å². The zero-order chi connectivity index (χ0) is 23.5. The Balaban J connectivity index is 1.85. The van der Waals surface area contributed by atoms with Gasteiger partial charge in [0.2, 0.25) is 0 Å². The Kier molecular flexibility index (Phi) is 7.31. The molecule has 170 valence electrons. The van der Waals surface area contributed by atoms with Gasteiger partial charge >= 0.3 is 0 Å². The van der Waals surface area contributed by atoms with E-state index in [4.69, 9.17) is 5.26 Å². The highest BCUT2D eigenvalue weighted by Crippen LogP contribution is 2.38. The molecule has 2 atom stereocenters. The highest BCUT2D eigenvalue weighted by Gasteiger charge is 2.37. The lowest BCUT2D eigenvalue weighted by molar-refractivity contribution is -0.0307. The summed E-state index contributed by atoms with van der Waals surface area (Å²) in [5, 5.41) is 30.8. The summed E-state index contributed by atoms with van der Waals surface area (Å²) >= 11 is 0. The molecule has 1 aliphatic rings. The van der Waals surface area contributed by atoms with E-state index in [0.717, 1.165) is 25.9 Å². The largest absolute Gasteiger partial charge is 0.385 e. The average Bonchev–Trinajstić information content (AvgIpc) is 2.78. The molecule has 2 aromatic rings. The molecule has 1 aromatic carbocycles. The van der Waals surface area contributed by atoms with Gasteiger partial charge in [-0.2, -0.15) is 5.26 Å². The van der Waals surface area contributed by atoms with Crippen molar-refractivity contribution in [1.82, 2.24) is 19.8 Å². The van der Waals surface area contributed by atoms with Crippen molar-refractivity contribution >= 4 is 6.29 Å². The summed E-state index contributed by atoms with van der Waals surface area (Å²) < 4.78 is 15.2. The van der Waals surface area contributed by atoms with E-state index in [2.05, 4.69) is 14.9 Å². The first-order valence-electron chi connectivity index (χ1n) is 10.5. The predicted molar refractivity (Wildman–Crippen MR) is 115 cm³/mol. The van der Waals surface area contributed by atoms with E-state index in [1.54, 1.807) is 14.0 Å². The van der Waals surface area contributed by atoms with Crippen LogP contribution in [0.5, 0.6) is 0 Å². The Hall–Kier alpha value is -2.77. The molecular formula is C23H28FN5O3. The maximum atomic E-state index is 15.2. The van der Waals surface area contributed by atoms with Crippen LogP contribution in [0.2, 0.25) is 0 Å². The number of halogens is 1.